The van der Waals surface area contributed by atoms with Crippen molar-refractivity contribution in [2.75, 3.05) is 33.3 Å². The summed E-state index contributed by atoms with van der Waals surface area (Å²) in [6.07, 6.45) is 3.24. The maximum atomic E-state index is 13.4. The number of rotatable bonds is 4. The Morgan fingerprint density at radius 3 is 2.29 bits per heavy atom. The molecule has 0 aromatic heterocycles. The zero-order chi connectivity index (χ0) is 22.0. The molecule has 31 heavy (non-hydrogen) atoms. The van der Waals surface area contributed by atoms with Crippen LogP contribution in [0.3, 0.4) is 0 Å². The number of halogens is 2. The maximum absolute atomic E-state index is 13.4. The summed E-state index contributed by atoms with van der Waals surface area (Å²) in [4.78, 5) is 30.4. The van der Waals surface area contributed by atoms with Crippen molar-refractivity contribution in [2.24, 2.45) is 5.92 Å². The Balaban J connectivity index is 1.61. The molecule has 2 fully saturated rings. The SMILES string of the molecule is COc1ccc([C@@H]2CN(C(=O)c3ccc(Cl)cc3Cl)C[C@@H]2C(=O)N2CCCCC2)cc1. The summed E-state index contributed by atoms with van der Waals surface area (Å²) >= 11 is 12.3. The lowest BCUT2D eigenvalue weighted by Crippen LogP contribution is -2.42. The quantitative estimate of drug-likeness (QED) is 0.653. The normalized spacial score (nSPS) is 21.3. The number of carbonyl (C=O) groups excluding carboxylic acids is 2. The minimum atomic E-state index is -0.276. The van der Waals surface area contributed by atoms with Gasteiger partial charge in [-0.25, -0.2) is 0 Å². The minimum absolute atomic E-state index is 0.0737. The standard InChI is InChI=1S/C24H26Cl2N2O3/c1-31-18-8-5-16(6-9-18)20-14-28(23(29)19-10-7-17(25)13-22(19)26)15-21(20)24(30)27-11-3-2-4-12-27/h5-10,13,20-21H,2-4,11-12,14-15H2,1H3/t20-,21-/m0/s1. The van der Waals surface area contributed by atoms with Gasteiger partial charge >= 0.3 is 0 Å². The fraction of sp³-hybridized carbons (Fsp3) is 0.417. The van der Waals surface area contributed by atoms with Gasteiger partial charge in [0.15, 0.2) is 0 Å². The van der Waals surface area contributed by atoms with E-state index in [4.69, 9.17) is 27.9 Å². The zero-order valence-corrected chi connectivity index (χ0v) is 19.0. The molecular weight excluding hydrogens is 435 g/mol. The molecule has 2 saturated heterocycles. The average molecular weight is 461 g/mol. The largest absolute Gasteiger partial charge is 0.497 e. The second-order valence-electron chi connectivity index (χ2n) is 8.21. The van der Waals surface area contributed by atoms with E-state index in [1.807, 2.05) is 29.2 Å². The fourth-order valence-corrected chi connectivity index (χ4v) is 5.08. The van der Waals surface area contributed by atoms with Gasteiger partial charge < -0.3 is 14.5 Å². The third kappa shape index (κ3) is 4.68. The zero-order valence-electron chi connectivity index (χ0n) is 17.5. The summed E-state index contributed by atoms with van der Waals surface area (Å²) in [6.45, 7) is 2.43. The third-order valence-electron chi connectivity index (χ3n) is 6.30. The minimum Gasteiger partial charge on any atom is -0.497 e. The molecule has 5 nitrogen and oxygen atoms in total. The molecule has 0 unspecified atom stereocenters. The number of likely N-dealkylation sites (tertiary alicyclic amines) is 2. The summed E-state index contributed by atoms with van der Waals surface area (Å²) in [6, 6.07) is 12.7. The van der Waals surface area contributed by atoms with Crippen LogP contribution in [0.2, 0.25) is 10.0 Å². The molecule has 7 heteroatoms. The van der Waals surface area contributed by atoms with Gasteiger partial charge in [0.05, 0.1) is 23.6 Å². The van der Waals surface area contributed by atoms with Crippen LogP contribution < -0.4 is 4.74 Å². The van der Waals surface area contributed by atoms with E-state index < -0.39 is 0 Å². The van der Waals surface area contributed by atoms with Crippen molar-refractivity contribution in [3.8, 4) is 5.75 Å². The van der Waals surface area contributed by atoms with E-state index in [0.717, 1.165) is 43.7 Å². The van der Waals surface area contributed by atoms with Gasteiger partial charge in [-0.2, -0.15) is 0 Å². The first-order valence-corrected chi connectivity index (χ1v) is 11.4. The Kier molecular flexibility index (Phi) is 6.73. The van der Waals surface area contributed by atoms with Crippen molar-refractivity contribution in [3.05, 3.63) is 63.6 Å². The summed E-state index contributed by atoms with van der Waals surface area (Å²) in [5, 5.41) is 0.807. The highest BCUT2D eigenvalue weighted by atomic mass is 35.5. The first-order valence-electron chi connectivity index (χ1n) is 10.6. The van der Waals surface area contributed by atoms with Gasteiger partial charge in [-0.3, -0.25) is 9.59 Å². The molecule has 0 bridgehead atoms. The molecule has 2 aromatic carbocycles. The molecule has 0 spiro atoms. The molecule has 2 heterocycles. The molecular formula is C24H26Cl2N2O3. The molecule has 2 aliphatic rings. The number of benzene rings is 2. The summed E-state index contributed by atoms with van der Waals surface area (Å²) in [5.74, 6) is 0.380. The molecule has 0 saturated carbocycles. The first-order chi connectivity index (χ1) is 15.0. The lowest BCUT2D eigenvalue weighted by molar-refractivity contribution is -0.136. The lowest BCUT2D eigenvalue weighted by atomic mass is 9.87. The molecule has 2 aromatic rings. The molecule has 2 aliphatic heterocycles. The Morgan fingerprint density at radius 2 is 1.65 bits per heavy atom. The number of ether oxygens (including phenoxy) is 1. The number of hydrogen-bond donors (Lipinski definition) is 0. The number of piperidine rings is 1. The van der Waals surface area contributed by atoms with Crippen molar-refractivity contribution in [1.29, 1.82) is 0 Å². The Bertz CT molecular complexity index is 958. The van der Waals surface area contributed by atoms with Gasteiger partial charge in [0, 0.05) is 37.1 Å². The molecule has 0 aliphatic carbocycles. The van der Waals surface area contributed by atoms with Crippen LogP contribution in [0, 0.1) is 5.92 Å². The average Bonchev–Trinajstić information content (AvgIpc) is 3.24. The van der Waals surface area contributed by atoms with Crippen LogP contribution in [-0.4, -0.2) is 54.9 Å². The predicted molar refractivity (Wildman–Crippen MR) is 122 cm³/mol. The van der Waals surface area contributed by atoms with Crippen LogP contribution in [-0.2, 0) is 4.79 Å². The fourth-order valence-electron chi connectivity index (χ4n) is 4.59. The van der Waals surface area contributed by atoms with Crippen molar-refractivity contribution in [3.63, 3.8) is 0 Å². The second kappa shape index (κ2) is 9.49. The topological polar surface area (TPSA) is 49.9 Å². The van der Waals surface area contributed by atoms with Gasteiger partial charge in [0.25, 0.3) is 5.91 Å². The van der Waals surface area contributed by atoms with Crippen LogP contribution in [0.4, 0.5) is 0 Å². The van der Waals surface area contributed by atoms with E-state index in [2.05, 4.69) is 0 Å². The molecule has 0 radical (unpaired) electrons. The molecule has 4 rings (SSSR count). The highest BCUT2D eigenvalue weighted by Crippen LogP contribution is 2.36. The molecule has 2 amide bonds. The van der Waals surface area contributed by atoms with E-state index in [1.54, 1.807) is 30.2 Å². The lowest BCUT2D eigenvalue weighted by Gasteiger charge is -2.31. The van der Waals surface area contributed by atoms with Crippen molar-refractivity contribution in [2.45, 2.75) is 25.2 Å². The van der Waals surface area contributed by atoms with Gasteiger partial charge in [-0.15, -0.1) is 0 Å². The Hall–Kier alpha value is -2.24. The predicted octanol–water partition coefficient (Wildman–Crippen LogP) is 4.87. The van der Waals surface area contributed by atoms with Crippen molar-refractivity contribution >= 4 is 35.0 Å². The smallest absolute Gasteiger partial charge is 0.255 e. The van der Waals surface area contributed by atoms with Crippen LogP contribution in [0.15, 0.2) is 42.5 Å². The highest BCUT2D eigenvalue weighted by Gasteiger charge is 2.42. The Labute approximate surface area is 192 Å². The van der Waals surface area contributed by atoms with Gasteiger partial charge in [-0.1, -0.05) is 35.3 Å². The second-order valence-corrected chi connectivity index (χ2v) is 9.05. The highest BCUT2D eigenvalue weighted by molar-refractivity contribution is 6.36. The van der Waals surface area contributed by atoms with Crippen molar-refractivity contribution in [1.82, 2.24) is 9.80 Å². The van der Waals surface area contributed by atoms with Crippen LogP contribution in [0.25, 0.3) is 0 Å². The third-order valence-corrected chi connectivity index (χ3v) is 6.85. The monoisotopic (exact) mass is 460 g/mol. The summed E-state index contributed by atoms with van der Waals surface area (Å²) in [5.41, 5.74) is 1.44. The molecule has 0 N–H and O–H groups in total. The number of nitrogens with zero attached hydrogens (tertiary/aromatic N) is 2. The van der Waals surface area contributed by atoms with Crippen molar-refractivity contribution < 1.29 is 14.3 Å². The number of methoxy groups -OCH3 is 1. The number of hydrogen-bond acceptors (Lipinski definition) is 3. The van der Waals surface area contributed by atoms with Crippen LogP contribution in [0.5, 0.6) is 5.75 Å². The van der Waals surface area contributed by atoms with E-state index >= 15 is 0 Å². The summed E-state index contributed by atoms with van der Waals surface area (Å²) < 4.78 is 5.28. The summed E-state index contributed by atoms with van der Waals surface area (Å²) in [7, 11) is 1.63. The molecule has 164 valence electrons. The van der Waals surface area contributed by atoms with E-state index in [1.165, 1.54) is 0 Å². The van der Waals surface area contributed by atoms with E-state index in [9.17, 15) is 9.59 Å². The first kappa shape index (κ1) is 22.0. The van der Waals surface area contributed by atoms with E-state index in [0.29, 0.717) is 28.7 Å². The van der Waals surface area contributed by atoms with E-state index in [-0.39, 0.29) is 23.7 Å². The van der Waals surface area contributed by atoms with Crippen LogP contribution in [0.1, 0.15) is 41.1 Å². The van der Waals surface area contributed by atoms with Gasteiger partial charge in [-0.05, 0) is 55.2 Å². The van der Waals surface area contributed by atoms with Gasteiger partial charge in [0.2, 0.25) is 5.91 Å². The number of carbonyl (C=O) groups is 2. The Morgan fingerprint density at radius 1 is 0.935 bits per heavy atom. The van der Waals surface area contributed by atoms with Gasteiger partial charge in [0.1, 0.15) is 5.75 Å². The number of amides is 2. The molecule has 2 atom stereocenters. The maximum Gasteiger partial charge on any atom is 0.255 e. The van der Waals surface area contributed by atoms with Crippen LogP contribution >= 0.6 is 23.2 Å².